The van der Waals surface area contributed by atoms with Crippen LogP contribution in [0.4, 0.5) is 18.9 Å². The molecule has 0 atom stereocenters. The summed E-state index contributed by atoms with van der Waals surface area (Å²) < 4.78 is 85.1. The van der Waals surface area contributed by atoms with Crippen molar-refractivity contribution < 1.29 is 40.6 Å². The molecule has 0 unspecified atom stereocenters. The minimum Gasteiger partial charge on any atom is -0.487 e. The largest absolute Gasteiger partial charge is 0.487 e. The Bertz CT molecular complexity index is 1420. The average Bonchev–Trinajstić information content (AvgIpc) is 3.31. The van der Waals surface area contributed by atoms with Gasteiger partial charge >= 0.3 is 12.1 Å². The summed E-state index contributed by atoms with van der Waals surface area (Å²) in [6.45, 7) is 3.69. The van der Waals surface area contributed by atoms with E-state index >= 15 is 0 Å². The molecule has 3 aromatic rings. The molecule has 2 aromatic carbocycles. The number of alkyl halides is 3. The monoisotopic (exact) mass is 570 g/mol. The molecule has 1 aliphatic heterocycles. The Hall–Kier alpha value is -3.16. The lowest BCUT2D eigenvalue weighted by Crippen LogP contribution is -2.50. The van der Waals surface area contributed by atoms with Crippen LogP contribution in [-0.4, -0.2) is 46.2 Å². The molecular formula is C25H25F3N2O6S2. The number of thiazole rings is 1. The fourth-order valence-corrected chi connectivity index (χ4v) is 6.51. The van der Waals surface area contributed by atoms with Crippen molar-refractivity contribution in [2.24, 2.45) is 5.41 Å². The van der Waals surface area contributed by atoms with Crippen molar-refractivity contribution in [3.05, 3.63) is 70.2 Å². The van der Waals surface area contributed by atoms with Crippen molar-refractivity contribution in [3.63, 3.8) is 0 Å². The predicted octanol–water partition coefficient (Wildman–Crippen LogP) is 5.07. The topological polar surface area (TPSA) is 95.0 Å². The summed E-state index contributed by atoms with van der Waals surface area (Å²) in [6.07, 6.45) is -4.71. The molecule has 8 nitrogen and oxygen atoms in total. The van der Waals surface area contributed by atoms with Gasteiger partial charge in [0.15, 0.2) is 0 Å². The van der Waals surface area contributed by atoms with Gasteiger partial charge in [-0.25, -0.2) is 9.78 Å². The molecule has 4 rings (SSSR count). The highest BCUT2D eigenvalue weighted by atomic mass is 32.2. The number of aryl methyl sites for hydroxylation is 1. The molecule has 0 aliphatic carbocycles. The zero-order valence-corrected chi connectivity index (χ0v) is 22.4. The number of carbonyl (C=O) groups excluding carboxylic acids is 1. The summed E-state index contributed by atoms with van der Waals surface area (Å²) in [6, 6.07) is 8.98. The second-order valence-corrected chi connectivity index (χ2v) is 12.1. The number of nitrogens with zero attached hydrogens (tertiary/aromatic N) is 2. The highest BCUT2D eigenvalue weighted by Gasteiger charge is 2.42. The van der Waals surface area contributed by atoms with Crippen molar-refractivity contribution in [1.82, 2.24) is 4.98 Å². The van der Waals surface area contributed by atoms with Gasteiger partial charge in [-0.1, -0.05) is 19.1 Å². The lowest BCUT2D eigenvalue weighted by Gasteiger charge is -2.42. The molecule has 0 radical (unpaired) electrons. The Morgan fingerprint density at radius 1 is 1.18 bits per heavy atom. The molecule has 13 heteroatoms. The molecule has 0 amide bonds. The van der Waals surface area contributed by atoms with E-state index in [4.69, 9.17) is 9.47 Å². The first-order valence-electron chi connectivity index (χ1n) is 11.4. The molecular weight excluding hydrogens is 545 g/mol. The van der Waals surface area contributed by atoms with Crippen LogP contribution in [-0.2, 0) is 32.3 Å². The number of aromatic nitrogens is 1. The molecule has 2 heterocycles. The van der Waals surface area contributed by atoms with E-state index in [0.29, 0.717) is 16.8 Å². The quantitative estimate of drug-likeness (QED) is 0.332. The number of ether oxygens (including phenoxy) is 3. The van der Waals surface area contributed by atoms with Crippen molar-refractivity contribution in [2.45, 2.75) is 31.0 Å². The summed E-state index contributed by atoms with van der Waals surface area (Å²) >= 11 is 0.890. The van der Waals surface area contributed by atoms with Gasteiger partial charge in [0.05, 0.1) is 37.1 Å². The third kappa shape index (κ3) is 5.94. The maximum Gasteiger partial charge on any atom is 0.416 e. The smallest absolute Gasteiger partial charge is 0.416 e. The number of hydrogen-bond acceptors (Lipinski definition) is 8. The molecule has 0 saturated carbocycles. The highest BCUT2D eigenvalue weighted by molar-refractivity contribution is 7.94. The van der Waals surface area contributed by atoms with E-state index in [1.165, 1.54) is 19.2 Å². The number of esters is 1. The van der Waals surface area contributed by atoms with E-state index in [9.17, 15) is 26.4 Å². The fraction of sp³-hybridized carbons (Fsp3) is 0.360. The minimum absolute atomic E-state index is 0.0595. The van der Waals surface area contributed by atoms with Gasteiger partial charge < -0.3 is 14.2 Å². The summed E-state index contributed by atoms with van der Waals surface area (Å²) in [4.78, 5) is 15.8. The van der Waals surface area contributed by atoms with Crippen LogP contribution in [0.25, 0.3) is 0 Å². The van der Waals surface area contributed by atoms with Crippen molar-refractivity contribution in [3.8, 4) is 5.75 Å². The summed E-state index contributed by atoms with van der Waals surface area (Å²) in [7, 11) is -3.08. The Kier molecular flexibility index (Phi) is 7.73. The van der Waals surface area contributed by atoms with Gasteiger partial charge in [-0.2, -0.15) is 21.6 Å². The molecule has 1 aromatic heterocycles. The summed E-state index contributed by atoms with van der Waals surface area (Å²) in [5.74, 6) is -0.579. The second kappa shape index (κ2) is 10.5. The Morgan fingerprint density at radius 2 is 1.87 bits per heavy atom. The third-order valence-corrected chi connectivity index (χ3v) is 8.97. The molecule has 0 bridgehead atoms. The zero-order valence-electron chi connectivity index (χ0n) is 20.7. The van der Waals surface area contributed by atoms with Gasteiger partial charge in [0, 0.05) is 23.0 Å². The number of hydrogen-bond donors (Lipinski definition) is 0. The van der Waals surface area contributed by atoms with Crippen LogP contribution in [0.2, 0.25) is 0 Å². The van der Waals surface area contributed by atoms with E-state index in [1.54, 1.807) is 31.4 Å². The van der Waals surface area contributed by atoms with Crippen molar-refractivity contribution >= 4 is 33.0 Å². The van der Waals surface area contributed by atoms with E-state index in [0.717, 1.165) is 33.8 Å². The summed E-state index contributed by atoms with van der Waals surface area (Å²) in [5.41, 5.74) is -0.497. The Labute approximate surface area is 222 Å². The lowest BCUT2D eigenvalue weighted by molar-refractivity contribution is -0.137. The third-order valence-electron chi connectivity index (χ3n) is 5.86. The number of anilines is 1. The summed E-state index contributed by atoms with van der Waals surface area (Å²) in [5, 5.41) is 1.56. The first-order valence-corrected chi connectivity index (χ1v) is 13.7. The van der Waals surface area contributed by atoms with Crippen molar-refractivity contribution in [1.29, 1.82) is 0 Å². The SMILES string of the molecule is COC(=O)c1ccc(COc2ccc(C(F)(F)F)cc2N(CC2(C)COC2)S(=O)(=O)c2nc(C)cs2)cc1. The number of benzene rings is 2. The standard InChI is InChI=1S/C25H25F3N2O6S2/c1-16-12-37-23(29-16)38(32,33)30(13-24(2)14-35-15-24)20-10-19(25(26,27)28)8-9-21(20)36-11-17-4-6-18(7-5-17)22(31)34-3/h4-10,12H,11,13-15H2,1-3H3. The van der Waals surface area contributed by atoms with Gasteiger partial charge in [0.1, 0.15) is 12.4 Å². The fourth-order valence-electron chi connectivity index (χ4n) is 3.76. The maximum atomic E-state index is 13.7. The number of sulfonamides is 1. The van der Waals surface area contributed by atoms with Gasteiger partial charge in [-0.3, -0.25) is 4.31 Å². The number of rotatable bonds is 9. The van der Waals surface area contributed by atoms with Crippen LogP contribution in [0.3, 0.4) is 0 Å². The molecule has 204 valence electrons. The molecule has 0 spiro atoms. The normalized spacial score (nSPS) is 15.0. The first kappa shape index (κ1) is 27.9. The molecule has 38 heavy (non-hydrogen) atoms. The van der Waals surface area contributed by atoms with E-state index in [-0.39, 0.29) is 42.1 Å². The van der Waals surface area contributed by atoms with E-state index in [1.807, 2.05) is 0 Å². The average molecular weight is 571 g/mol. The zero-order chi connectivity index (χ0) is 27.7. The van der Waals surface area contributed by atoms with Gasteiger partial charge in [-0.15, -0.1) is 11.3 Å². The van der Waals surface area contributed by atoms with Gasteiger partial charge in [-0.05, 0) is 42.8 Å². The maximum absolute atomic E-state index is 13.7. The number of halogens is 3. The van der Waals surface area contributed by atoms with Crippen LogP contribution in [0, 0.1) is 12.3 Å². The minimum atomic E-state index is -4.71. The molecule has 1 fully saturated rings. The second-order valence-electron chi connectivity index (χ2n) is 9.23. The van der Waals surface area contributed by atoms with Crippen LogP contribution >= 0.6 is 11.3 Å². The number of carbonyl (C=O) groups is 1. The van der Waals surface area contributed by atoms with E-state index in [2.05, 4.69) is 9.72 Å². The van der Waals surface area contributed by atoms with Crippen molar-refractivity contribution in [2.75, 3.05) is 31.2 Å². The van der Waals surface area contributed by atoms with Crippen LogP contribution in [0.5, 0.6) is 5.75 Å². The molecule has 0 N–H and O–H groups in total. The van der Waals surface area contributed by atoms with Crippen LogP contribution in [0.1, 0.15) is 34.1 Å². The van der Waals surface area contributed by atoms with Crippen LogP contribution in [0.15, 0.2) is 52.2 Å². The van der Waals surface area contributed by atoms with Gasteiger partial charge in [0.25, 0.3) is 10.0 Å². The molecule has 1 aliphatic rings. The van der Waals surface area contributed by atoms with Gasteiger partial charge in [0.2, 0.25) is 4.34 Å². The highest BCUT2D eigenvalue weighted by Crippen LogP contribution is 2.41. The Balaban J connectivity index is 1.75. The first-order chi connectivity index (χ1) is 17.8. The predicted molar refractivity (Wildman–Crippen MR) is 134 cm³/mol. The lowest BCUT2D eigenvalue weighted by atomic mass is 9.88. The number of methoxy groups -OCH3 is 1. The van der Waals surface area contributed by atoms with E-state index < -0.39 is 33.1 Å². The Morgan fingerprint density at radius 3 is 2.39 bits per heavy atom. The van der Waals surface area contributed by atoms with Crippen LogP contribution < -0.4 is 9.04 Å². The molecule has 1 saturated heterocycles.